The monoisotopic (exact) mass is 233 g/mol. The van der Waals surface area contributed by atoms with Crippen molar-refractivity contribution in [1.29, 1.82) is 5.26 Å². The first-order valence-corrected chi connectivity index (χ1v) is 5.82. The van der Waals surface area contributed by atoms with Gasteiger partial charge in [-0.25, -0.2) is 4.39 Å². The number of piperidine rings is 1. The Labute approximate surface area is 101 Å². The fourth-order valence-corrected chi connectivity index (χ4v) is 2.22. The number of anilines is 1. The van der Waals surface area contributed by atoms with Crippen molar-refractivity contribution in [1.82, 2.24) is 0 Å². The van der Waals surface area contributed by atoms with Crippen LogP contribution in [0.5, 0.6) is 0 Å². The van der Waals surface area contributed by atoms with Crippen LogP contribution in [0.15, 0.2) is 18.2 Å². The third-order valence-corrected chi connectivity index (χ3v) is 3.39. The van der Waals surface area contributed by atoms with Crippen molar-refractivity contribution in [3.8, 4) is 6.07 Å². The Bertz CT molecular complexity index is 452. The SMILES string of the molecule is CC1CN(c2ccc(C#N)cc2F)CCC1N. The number of hydrogen-bond donors (Lipinski definition) is 1. The third-order valence-electron chi connectivity index (χ3n) is 3.39. The molecule has 0 radical (unpaired) electrons. The predicted molar refractivity (Wildman–Crippen MR) is 65.1 cm³/mol. The topological polar surface area (TPSA) is 53.0 Å². The van der Waals surface area contributed by atoms with Gasteiger partial charge in [-0.2, -0.15) is 5.26 Å². The maximum absolute atomic E-state index is 13.8. The molecule has 0 saturated carbocycles. The minimum Gasteiger partial charge on any atom is -0.369 e. The number of benzene rings is 1. The van der Waals surface area contributed by atoms with Gasteiger partial charge in [0.05, 0.1) is 17.3 Å². The van der Waals surface area contributed by atoms with Gasteiger partial charge in [0, 0.05) is 19.1 Å². The lowest BCUT2D eigenvalue weighted by Gasteiger charge is -2.36. The summed E-state index contributed by atoms with van der Waals surface area (Å²) in [6.45, 7) is 3.62. The van der Waals surface area contributed by atoms with Crippen LogP contribution in [0.4, 0.5) is 10.1 Å². The zero-order valence-electron chi connectivity index (χ0n) is 9.86. The Kier molecular flexibility index (Phi) is 3.30. The first-order chi connectivity index (χ1) is 8.11. The van der Waals surface area contributed by atoms with Gasteiger partial charge in [0.2, 0.25) is 0 Å². The van der Waals surface area contributed by atoms with Gasteiger partial charge in [0.15, 0.2) is 0 Å². The minimum absolute atomic E-state index is 0.202. The highest BCUT2D eigenvalue weighted by Crippen LogP contribution is 2.25. The number of hydrogen-bond acceptors (Lipinski definition) is 3. The lowest BCUT2D eigenvalue weighted by molar-refractivity contribution is 0.380. The van der Waals surface area contributed by atoms with Gasteiger partial charge < -0.3 is 10.6 Å². The number of rotatable bonds is 1. The molecule has 1 aromatic carbocycles. The molecule has 2 rings (SSSR count). The minimum atomic E-state index is -0.327. The lowest BCUT2D eigenvalue weighted by atomic mass is 9.94. The second kappa shape index (κ2) is 4.72. The van der Waals surface area contributed by atoms with Crippen LogP contribution >= 0.6 is 0 Å². The van der Waals surface area contributed by atoms with Crippen molar-refractivity contribution in [2.24, 2.45) is 11.7 Å². The third kappa shape index (κ3) is 2.40. The van der Waals surface area contributed by atoms with E-state index in [9.17, 15) is 4.39 Å². The molecule has 1 aromatic rings. The molecule has 90 valence electrons. The fourth-order valence-electron chi connectivity index (χ4n) is 2.22. The quantitative estimate of drug-likeness (QED) is 0.805. The summed E-state index contributed by atoms with van der Waals surface area (Å²) in [7, 11) is 0. The molecular formula is C13H16FN3. The summed E-state index contributed by atoms with van der Waals surface area (Å²) in [6.07, 6.45) is 0.876. The Balaban J connectivity index is 2.21. The second-order valence-corrected chi connectivity index (χ2v) is 4.65. The van der Waals surface area contributed by atoms with E-state index in [-0.39, 0.29) is 11.9 Å². The van der Waals surface area contributed by atoms with Gasteiger partial charge in [-0.05, 0) is 30.5 Å². The zero-order chi connectivity index (χ0) is 12.4. The molecule has 4 heteroatoms. The van der Waals surface area contributed by atoms with Crippen LogP contribution in [0.25, 0.3) is 0 Å². The molecule has 0 bridgehead atoms. The molecule has 0 aliphatic carbocycles. The maximum Gasteiger partial charge on any atom is 0.147 e. The number of nitrogens with two attached hydrogens (primary N) is 1. The summed E-state index contributed by atoms with van der Waals surface area (Å²) in [5, 5.41) is 8.69. The molecule has 0 amide bonds. The largest absolute Gasteiger partial charge is 0.369 e. The van der Waals surface area contributed by atoms with E-state index in [1.54, 1.807) is 12.1 Å². The van der Waals surface area contributed by atoms with Gasteiger partial charge in [0.25, 0.3) is 0 Å². The van der Waals surface area contributed by atoms with Crippen molar-refractivity contribution >= 4 is 5.69 Å². The lowest BCUT2D eigenvalue weighted by Crippen LogP contribution is -2.46. The Hall–Kier alpha value is -1.60. The average Bonchev–Trinajstić information content (AvgIpc) is 2.32. The van der Waals surface area contributed by atoms with E-state index in [0.29, 0.717) is 17.2 Å². The number of nitriles is 1. The number of nitrogens with zero attached hydrogens (tertiary/aromatic N) is 2. The highest BCUT2D eigenvalue weighted by Gasteiger charge is 2.24. The van der Waals surface area contributed by atoms with E-state index in [1.807, 2.05) is 11.0 Å². The van der Waals surface area contributed by atoms with Crippen molar-refractivity contribution in [3.05, 3.63) is 29.6 Å². The highest BCUT2D eigenvalue weighted by molar-refractivity contribution is 5.51. The van der Waals surface area contributed by atoms with Gasteiger partial charge in [0.1, 0.15) is 5.82 Å². The Morgan fingerprint density at radius 2 is 2.29 bits per heavy atom. The van der Waals surface area contributed by atoms with E-state index < -0.39 is 0 Å². The summed E-state index contributed by atoms with van der Waals surface area (Å²) in [6, 6.07) is 6.75. The molecule has 0 aromatic heterocycles. The predicted octanol–water partition coefficient (Wildman–Crippen LogP) is 1.87. The van der Waals surface area contributed by atoms with Crippen LogP contribution in [0.3, 0.4) is 0 Å². The normalized spacial score (nSPS) is 24.5. The Morgan fingerprint density at radius 3 is 2.88 bits per heavy atom. The van der Waals surface area contributed by atoms with E-state index >= 15 is 0 Å². The molecule has 1 aliphatic rings. The maximum atomic E-state index is 13.8. The van der Waals surface area contributed by atoms with E-state index in [2.05, 4.69) is 6.92 Å². The van der Waals surface area contributed by atoms with Crippen LogP contribution in [-0.2, 0) is 0 Å². The number of halogens is 1. The molecule has 3 nitrogen and oxygen atoms in total. The van der Waals surface area contributed by atoms with Crippen molar-refractivity contribution in [2.45, 2.75) is 19.4 Å². The molecule has 2 N–H and O–H groups in total. The fraction of sp³-hybridized carbons (Fsp3) is 0.462. The summed E-state index contributed by atoms with van der Waals surface area (Å²) in [4.78, 5) is 2.00. The van der Waals surface area contributed by atoms with Gasteiger partial charge in [-0.15, -0.1) is 0 Å². The highest BCUT2D eigenvalue weighted by atomic mass is 19.1. The summed E-state index contributed by atoms with van der Waals surface area (Å²) < 4.78 is 13.8. The van der Waals surface area contributed by atoms with Gasteiger partial charge >= 0.3 is 0 Å². The zero-order valence-corrected chi connectivity index (χ0v) is 9.86. The summed E-state index contributed by atoms with van der Waals surface area (Å²) in [5.41, 5.74) is 6.87. The molecule has 2 unspecified atom stereocenters. The van der Waals surface area contributed by atoms with Crippen molar-refractivity contribution in [2.75, 3.05) is 18.0 Å². The second-order valence-electron chi connectivity index (χ2n) is 4.65. The molecule has 1 fully saturated rings. The van der Waals surface area contributed by atoms with Crippen LogP contribution in [0, 0.1) is 23.1 Å². The average molecular weight is 233 g/mol. The molecule has 1 heterocycles. The van der Waals surface area contributed by atoms with E-state index in [1.165, 1.54) is 6.07 Å². The van der Waals surface area contributed by atoms with E-state index in [0.717, 1.165) is 19.5 Å². The van der Waals surface area contributed by atoms with Crippen LogP contribution < -0.4 is 10.6 Å². The molecular weight excluding hydrogens is 217 g/mol. The molecule has 1 saturated heterocycles. The van der Waals surface area contributed by atoms with Gasteiger partial charge in [-0.1, -0.05) is 6.92 Å². The molecule has 1 aliphatic heterocycles. The standard InChI is InChI=1S/C13H16FN3/c1-9-8-17(5-4-12(9)16)13-3-2-10(7-15)6-11(13)14/h2-3,6,9,12H,4-5,8,16H2,1H3. The molecule has 0 spiro atoms. The van der Waals surface area contributed by atoms with Crippen molar-refractivity contribution < 1.29 is 4.39 Å². The van der Waals surface area contributed by atoms with Crippen LogP contribution in [0.1, 0.15) is 18.9 Å². The van der Waals surface area contributed by atoms with Crippen LogP contribution in [-0.4, -0.2) is 19.1 Å². The van der Waals surface area contributed by atoms with Crippen molar-refractivity contribution in [3.63, 3.8) is 0 Å². The first kappa shape index (κ1) is 11.9. The van der Waals surface area contributed by atoms with Crippen LogP contribution in [0.2, 0.25) is 0 Å². The Morgan fingerprint density at radius 1 is 1.53 bits per heavy atom. The van der Waals surface area contributed by atoms with Gasteiger partial charge in [-0.3, -0.25) is 0 Å². The molecule has 17 heavy (non-hydrogen) atoms. The smallest absolute Gasteiger partial charge is 0.147 e. The summed E-state index contributed by atoms with van der Waals surface area (Å²) >= 11 is 0. The molecule has 2 atom stereocenters. The first-order valence-electron chi connectivity index (χ1n) is 5.82. The van der Waals surface area contributed by atoms with E-state index in [4.69, 9.17) is 11.0 Å². The summed E-state index contributed by atoms with van der Waals surface area (Å²) in [5.74, 6) is 0.0329.